The van der Waals surface area contributed by atoms with Gasteiger partial charge in [0.2, 0.25) is 0 Å². The first-order valence-electron chi connectivity index (χ1n) is 5.84. The Bertz CT molecular complexity index is 407. The molecule has 0 saturated carbocycles. The first-order valence-corrected chi connectivity index (χ1v) is 5.84. The SMILES string of the molecule is COc1cccc(OCC(=O)NC(C)CN)c1C. The van der Waals surface area contributed by atoms with Crippen LogP contribution in [0.4, 0.5) is 0 Å². The maximum absolute atomic E-state index is 11.5. The van der Waals surface area contributed by atoms with Gasteiger partial charge < -0.3 is 20.5 Å². The zero-order chi connectivity index (χ0) is 13.5. The molecule has 0 spiro atoms. The van der Waals surface area contributed by atoms with Crippen LogP contribution in [0.2, 0.25) is 0 Å². The Morgan fingerprint density at radius 2 is 2.11 bits per heavy atom. The summed E-state index contributed by atoms with van der Waals surface area (Å²) in [6, 6.07) is 5.42. The van der Waals surface area contributed by atoms with Crippen molar-refractivity contribution in [2.75, 3.05) is 20.3 Å². The van der Waals surface area contributed by atoms with E-state index in [1.807, 2.05) is 26.0 Å². The molecule has 1 rings (SSSR count). The Balaban J connectivity index is 2.56. The number of nitrogens with two attached hydrogens (primary N) is 1. The number of nitrogens with one attached hydrogen (secondary N) is 1. The standard InChI is InChI=1S/C13H20N2O3/c1-9(7-14)15-13(16)8-18-12-6-4-5-11(17-3)10(12)2/h4-6,9H,7-8,14H2,1-3H3,(H,15,16). The molecule has 0 aliphatic heterocycles. The van der Waals surface area contributed by atoms with Crippen molar-refractivity contribution in [2.24, 2.45) is 5.73 Å². The van der Waals surface area contributed by atoms with E-state index in [4.69, 9.17) is 15.2 Å². The van der Waals surface area contributed by atoms with Crippen LogP contribution in [-0.2, 0) is 4.79 Å². The van der Waals surface area contributed by atoms with Gasteiger partial charge in [-0.25, -0.2) is 0 Å². The maximum atomic E-state index is 11.5. The number of carbonyl (C=O) groups excluding carboxylic acids is 1. The number of hydrogen-bond acceptors (Lipinski definition) is 4. The van der Waals surface area contributed by atoms with Crippen molar-refractivity contribution < 1.29 is 14.3 Å². The van der Waals surface area contributed by atoms with Gasteiger partial charge in [0.15, 0.2) is 6.61 Å². The van der Waals surface area contributed by atoms with Crippen LogP contribution >= 0.6 is 0 Å². The van der Waals surface area contributed by atoms with Crippen LogP contribution in [0.1, 0.15) is 12.5 Å². The van der Waals surface area contributed by atoms with E-state index in [0.29, 0.717) is 12.3 Å². The molecule has 1 aromatic carbocycles. The molecule has 5 nitrogen and oxygen atoms in total. The van der Waals surface area contributed by atoms with Gasteiger partial charge in [-0.05, 0) is 26.0 Å². The molecular formula is C13H20N2O3. The zero-order valence-corrected chi connectivity index (χ0v) is 11.0. The molecule has 1 amide bonds. The minimum atomic E-state index is -0.185. The molecule has 0 bridgehead atoms. The molecule has 1 atom stereocenters. The molecule has 0 radical (unpaired) electrons. The minimum Gasteiger partial charge on any atom is -0.496 e. The van der Waals surface area contributed by atoms with Crippen molar-refractivity contribution in [3.05, 3.63) is 23.8 Å². The van der Waals surface area contributed by atoms with Crippen molar-refractivity contribution in [1.82, 2.24) is 5.32 Å². The van der Waals surface area contributed by atoms with E-state index in [0.717, 1.165) is 11.3 Å². The highest BCUT2D eigenvalue weighted by molar-refractivity contribution is 5.77. The lowest BCUT2D eigenvalue weighted by atomic mass is 10.2. The fraction of sp³-hybridized carbons (Fsp3) is 0.462. The first-order chi connectivity index (χ1) is 8.58. The second-order valence-corrected chi connectivity index (χ2v) is 4.08. The molecular weight excluding hydrogens is 232 g/mol. The molecule has 3 N–H and O–H groups in total. The number of methoxy groups -OCH3 is 1. The van der Waals surface area contributed by atoms with E-state index in [9.17, 15) is 4.79 Å². The summed E-state index contributed by atoms with van der Waals surface area (Å²) in [5.74, 6) is 1.20. The van der Waals surface area contributed by atoms with Gasteiger partial charge >= 0.3 is 0 Å². The number of rotatable bonds is 6. The molecule has 1 aromatic rings. The maximum Gasteiger partial charge on any atom is 0.258 e. The average molecular weight is 252 g/mol. The molecule has 100 valence electrons. The zero-order valence-electron chi connectivity index (χ0n) is 11.0. The van der Waals surface area contributed by atoms with Crippen LogP contribution < -0.4 is 20.5 Å². The first kappa shape index (κ1) is 14.3. The highest BCUT2D eigenvalue weighted by Gasteiger charge is 2.09. The van der Waals surface area contributed by atoms with E-state index in [1.54, 1.807) is 13.2 Å². The average Bonchev–Trinajstić information content (AvgIpc) is 2.37. The predicted octanol–water partition coefficient (Wildman–Crippen LogP) is 0.846. The van der Waals surface area contributed by atoms with Gasteiger partial charge in [0.05, 0.1) is 7.11 Å². The van der Waals surface area contributed by atoms with Crippen molar-refractivity contribution >= 4 is 5.91 Å². The van der Waals surface area contributed by atoms with E-state index in [1.165, 1.54) is 0 Å². The highest BCUT2D eigenvalue weighted by atomic mass is 16.5. The second kappa shape index (κ2) is 6.86. The van der Waals surface area contributed by atoms with Gasteiger partial charge in [-0.15, -0.1) is 0 Å². The topological polar surface area (TPSA) is 73.6 Å². The van der Waals surface area contributed by atoms with Gasteiger partial charge in [-0.2, -0.15) is 0 Å². The van der Waals surface area contributed by atoms with Gasteiger partial charge in [0, 0.05) is 18.2 Å². The van der Waals surface area contributed by atoms with Crippen LogP contribution in [0.5, 0.6) is 11.5 Å². The number of ether oxygens (including phenoxy) is 2. The molecule has 1 unspecified atom stereocenters. The monoisotopic (exact) mass is 252 g/mol. The Hall–Kier alpha value is -1.75. The van der Waals surface area contributed by atoms with Crippen molar-refractivity contribution in [2.45, 2.75) is 19.9 Å². The molecule has 18 heavy (non-hydrogen) atoms. The largest absolute Gasteiger partial charge is 0.496 e. The summed E-state index contributed by atoms with van der Waals surface area (Å²) in [6.07, 6.45) is 0. The van der Waals surface area contributed by atoms with Crippen LogP contribution in [0.15, 0.2) is 18.2 Å². The number of amides is 1. The Morgan fingerprint density at radius 3 is 2.72 bits per heavy atom. The Labute approximate surface area is 107 Å². The highest BCUT2D eigenvalue weighted by Crippen LogP contribution is 2.26. The van der Waals surface area contributed by atoms with Crippen LogP contribution in [-0.4, -0.2) is 32.2 Å². The summed E-state index contributed by atoms with van der Waals surface area (Å²) >= 11 is 0. The molecule has 0 saturated heterocycles. The van der Waals surface area contributed by atoms with Gasteiger partial charge in [-0.1, -0.05) is 6.07 Å². The fourth-order valence-electron chi connectivity index (χ4n) is 1.49. The van der Waals surface area contributed by atoms with E-state index < -0.39 is 0 Å². The van der Waals surface area contributed by atoms with Gasteiger partial charge in [0.1, 0.15) is 11.5 Å². The summed E-state index contributed by atoms with van der Waals surface area (Å²) in [4.78, 5) is 11.5. The summed E-state index contributed by atoms with van der Waals surface area (Å²) < 4.78 is 10.6. The second-order valence-electron chi connectivity index (χ2n) is 4.08. The molecule has 0 aromatic heterocycles. The van der Waals surface area contributed by atoms with Gasteiger partial charge in [-0.3, -0.25) is 4.79 Å². The van der Waals surface area contributed by atoms with Crippen LogP contribution in [0, 0.1) is 6.92 Å². The van der Waals surface area contributed by atoms with Gasteiger partial charge in [0.25, 0.3) is 5.91 Å². The normalized spacial score (nSPS) is 11.8. The Morgan fingerprint density at radius 1 is 1.44 bits per heavy atom. The van der Waals surface area contributed by atoms with Crippen molar-refractivity contribution in [3.63, 3.8) is 0 Å². The molecule has 5 heteroatoms. The third kappa shape index (κ3) is 3.92. The third-order valence-corrected chi connectivity index (χ3v) is 2.57. The van der Waals surface area contributed by atoms with Crippen LogP contribution in [0.25, 0.3) is 0 Å². The molecule has 0 aliphatic rings. The third-order valence-electron chi connectivity index (χ3n) is 2.57. The lowest BCUT2D eigenvalue weighted by Gasteiger charge is -2.14. The Kier molecular flexibility index (Phi) is 5.45. The van der Waals surface area contributed by atoms with Crippen LogP contribution in [0.3, 0.4) is 0 Å². The summed E-state index contributed by atoms with van der Waals surface area (Å²) in [6.45, 7) is 4.10. The van der Waals surface area contributed by atoms with E-state index in [2.05, 4.69) is 5.32 Å². The van der Waals surface area contributed by atoms with Crippen molar-refractivity contribution in [1.29, 1.82) is 0 Å². The minimum absolute atomic E-state index is 0.0294. The lowest BCUT2D eigenvalue weighted by Crippen LogP contribution is -2.40. The number of benzene rings is 1. The summed E-state index contributed by atoms with van der Waals surface area (Å²) in [5, 5.41) is 2.73. The van der Waals surface area contributed by atoms with Crippen molar-refractivity contribution in [3.8, 4) is 11.5 Å². The summed E-state index contributed by atoms with van der Waals surface area (Å²) in [7, 11) is 1.60. The lowest BCUT2D eigenvalue weighted by molar-refractivity contribution is -0.123. The predicted molar refractivity (Wildman–Crippen MR) is 69.9 cm³/mol. The number of carbonyl (C=O) groups is 1. The number of hydrogen-bond donors (Lipinski definition) is 2. The summed E-state index contributed by atoms with van der Waals surface area (Å²) in [5.41, 5.74) is 6.29. The van der Waals surface area contributed by atoms with E-state index in [-0.39, 0.29) is 18.6 Å². The molecule has 0 heterocycles. The quantitative estimate of drug-likeness (QED) is 0.787. The molecule has 0 aliphatic carbocycles. The fourth-order valence-corrected chi connectivity index (χ4v) is 1.49. The van der Waals surface area contributed by atoms with E-state index >= 15 is 0 Å². The smallest absolute Gasteiger partial charge is 0.258 e. The molecule has 0 fully saturated rings.